The first-order valence-electron chi connectivity index (χ1n) is 9.62. The molecule has 10 nitrogen and oxygen atoms in total. The van der Waals surface area contributed by atoms with Crippen LogP contribution in [0, 0.1) is 6.92 Å². The molecule has 1 aliphatic carbocycles. The second kappa shape index (κ2) is 7.45. The van der Waals surface area contributed by atoms with Crippen molar-refractivity contribution in [2.75, 3.05) is 16.4 Å². The van der Waals surface area contributed by atoms with Crippen molar-refractivity contribution in [2.45, 2.75) is 58.7 Å². The van der Waals surface area contributed by atoms with Crippen LogP contribution in [0.2, 0.25) is 0 Å². The van der Waals surface area contributed by atoms with Gasteiger partial charge >= 0.3 is 0 Å². The molecule has 1 fully saturated rings. The number of carbonyl (C=O) groups is 1. The van der Waals surface area contributed by atoms with E-state index >= 15 is 0 Å². The Balaban J connectivity index is 1.55. The third kappa shape index (κ3) is 3.62. The number of carbonyl (C=O) groups excluding carboxylic acids is 1. The monoisotopic (exact) mass is 383 g/mol. The van der Waals surface area contributed by atoms with Crippen LogP contribution in [0.1, 0.15) is 38.3 Å². The minimum atomic E-state index is -0.184. The summed E-state index contributed by atoms with van der Waals surface area (Å²) < 4.78 is 3.44. The minimum Gasteiger partial charge on any atom is -0.368 e. The third-order valence-electron chi connectivity index (χ3n) is 4.96. The zero-order valence-electron chi connectivity index (χ0n) is 16.1. The average Bonchev–Trinajstić information content (AvgIpc) is 3.36. The molecule has 0 saturated heterocycles. The van der Waals surface area contributed by atoms with Gasteiger partial charge in [0.15, 0.2) is 17.0 Å². The molecule has 148 valence electrons. The lowest BCUT2D eigenvalue weighted by molar-refractivity contribution is -0.116. The molecule has 0 atom stereocenters. The quantitative estimate of drug-likeness (QED) is 0.593. The van der Waals surface area contributed by atoms with E-state index in [9.17, 15) is 4.79 Å². The molecule has 3 heterocycles. The van der Waals surface area contributed by atoms with Gasteiger partial charge in [-0.2, -0.15) is 15.1 Å². The first kappa shape index (κ1) is 18.2. The van der Waals surface area contributed by atoms with Gasteiger partial charge < -0.3 is 20.9 Å². The van der Waals surface area contributed by atoms with Crippen LogP contribution in [-0.2, 0) is 17.9 Å². The van der Waals surface area contributed by atoms with Gasteiger partial charge in [0, 0.05) is 18.7 Å². The van der Waals surface area contributed by atoms with Crippen molar-refractivity contribution in [1.29, 1.82) is 0 Å². The number of imidazole rings is 1. The van der Waals surface area contributed by atoms with Crippen LogP contribution in [-0.4, -0.2) is 41.2 Å². The number of nitrogens with one attached hydrogen (secondary N) is 2. The number of nitrogens with two attached hydrogens (primary N) is 1. The van der Waals surface area contributed by atoms with Gasteiger partial charge in [0.05, 0.1) is 12.0 Å². The van der Waals surface area contributed by atoms with Crippen molar-refractivity contribution in [3.63, 3.8) is 0 Å². The maximum atomic E-state index is 12.6. The zero-order chi connectivity index (χ0) is 19.7. The molecule has 1 amide bonds. The van der Waals surface area contributed by atoms with Gasteiger partial charge in [-0.15, -0.1) is 0 Å². The summed E-state index contributed by atoms with van der Waals surface area (Å²) in [5, 5.41) is 10.7. The Morgan fingerprint density at radius 2 is 2.11 bits per heavy atom. The van der Waals surface area contributed by atoms with E-state index in [1.54, 1.807) is 15.6 Å². The molecule has 0 spiro atoms. The maximum Gasteiger partial charge on any atom is 0.245 e. The van der Waals surface area contributed by atoms with Crippen LogP contribution in [0.25, 0.3) is 11.2 Å². The van der Waals surface area contributed by atoms with E-state index < -0.39 is 0 Å². The first-order chi connectivity index (χ1) is 13.5. The smallest absolute Gasteiger partial charge is 0.245 e. The van der Waals surface area contributed by atoms with Crippen molar-refractivity contribution >= 4 is 34.7 Å². The molecule has 10 heteroatoms. The van der Waals surface area contributed by atoms with Crippen LogP contribution in [0.15, 0.2) is 12.4 Å². The minimum absolute atomic E-state index is 0.0732. The fourth-order valence-corrected chi connectivity index (χ4v) is 3.67. The predicted molar refractivity (Wildman–Crippen MR) is 107 cm³/mol. The summed E-state index contributed by atoms with van der Waals surface area (Å²) >= 11 is 0. The van der Waals surface area contributed by atoms with E-state index in [4.69, 9.17) is 5.73 Å². The van der Waals surface area contributed by atoms with Gasteiger partial charge in [-0.25, -0.2) is 9.67 Å². The summed E-state index contributed by atoms with van der Waals surface area (Å²) in [5.74, 6) is 1.28. The van der Waals surface area contributed by atoms with Crippen molar-refractivity contribution in [3.05, 3.63) is 18.1 Å². The number of hydrogen-bond acceptors (Lipinski definition) is 7. The molecule has 1 saturated carbocycles. The lowest BCUT2D eigenvalue weighted by atomic mass is 10.2. The molecule has 28 heavy (non-hydrogen) atoms. The Kier molecular flexibility index (Phi) is 4.84. The Hall–Kier alpha value is -3.17. The maximum absolute atomic E-state index is 12.6. The number of fused-ring (bicyclic) bond motifs is 1. The predicted octanol–water partition coefficient (Wildman–Crippen LogP) is 1.93. The highest BCUT2D eigenvalue weighted by Crippen LogP contribution is 2.25. The van der Waals surface area contributed by atoms with E-state index in [1.165, 1.54) is 12.8 Å². The van der Waals surface area contributed by atoms with Gasteiger partial charge in [-0.1, -0.05) is 12.8 Å². The van der Waals surface area contributed by atoms with Crippen LogP contribution in [0.3, 0.4) is 0 Å². The van der Waals surface area contributed by atoms with Gasteiger partial charge in [0.25, 0.3) is 0 Å². The summed E-state index contributed by atoms with van der Waals surface area (Å²) in [7, 11) is 0. The highest BCUT2D eigenvalue weighted by molar-refractivity contribution is 5.91. The topological polar surface area (TPSA) is 129 Å². The largest absolute Gasteiger partial charge is 0.368 e. The van der Waals surface area contributed by atoms with Crippen LogP contribution in [0.5, 0.6) is 0 Å². The summed E-state index contributed by atoms with van der Waals surface area (Å²) in [6.07, 6.45) is 6.24. The molecule has 3 aromatic rings. The highest BCUT2D eigenvalue weighted by atomic mass is 16.2. The Morgan fingerprint density at radius 1 is 1.32 bits per heavy atom. The molecular formula is C18H25N9O. The number of aromatic nitrogens is 6. The van der Waals surface area contributed by atoms with E-state index in [0.29, 0.717) is 35.4 Å². The van der Waals surface area contributed by atoms with Gasteiger partial charge in [0.1, 0.15) is 12.4 Å². The summed E-state index contributed by atoms with van der Waals surface area (Å²) in [6, 6.07) is 2.22. The number of aryl methyl sites for hydroxylation is 2. The average molecular weight is 383 g/mol. The molecule has 1 aliphatic rings. The summed E-state index contributed by atoms with van der Waals surface area (Å²) in [4.78, 5) is 25.6. The van der Waals surface area contributed by atoms with E-state index in [0.717, 1.165) is 18.5 Å². The second-order valence-corrected chi connectivity index (χ2v) is 7.14. The van der Waals surface area contributed by atoms with Crippen LogP contribution in [0.4, 0.5) is 17.6 Å². The van der Waals surface area contributed by atoms with Crippen LogP contribution >= 0.6 is 0 Å². The molecule has 0 aromatic carbocycles. The van der Waals surface area contributed by atoms with E-state index in [-0.39, 0.29) is 18.4 Å². The molecular weight excluding hydrogens is 358 g/mol. The fraction of sp³-hybridized carbons (Fsp3) is 0.500. The van der Waals surface area contributed by atoms with Crippen LogP contribution < -0.4 is 16.4 Å². The summed E-state index contributed by atoms with van der Waals surface area (Å²) in [5.41, 5.74) is 7.93. The van der Waals surface area contributed by atoms with Crippen molar-refractivity contribution < 1.29 is 4.79 Å². The SMILES string of the molecule is CCn1nc(C)cc1NC(=O)Cn1cnc2c(NC3CCCC3)nc(N)nc21. The van der Waals surface area contributed by atoms with Gasteiger partial charge in [-0.3, -0.25) is 4.79 Å². The Bertz CT molecular complexity index is 1000. The third-order valence-corrected chi connectivity index (χ3v) is 4.96. The fourth-order valence-electron chi connectivity index (χ4n) is 3.67. The number of hydrogen-bond donors (Lipinski definition) is 3. The Morgan fingerprint density at radius 3 is 2.86 bits per heavy atom. The lowest BCUT2D eigenvalue weighted by Gasteiger charge is -2.13. The molecule has 0 radical (unpaired) electrons. The number of amides is 1. The first-order valence-corrected chi connectivity index (χ1v) is 9.62. The molecule has 4 N–H and O–H groups in total. The van der Waals surface area contributed by atoms with Gasteiger partial charge in [0.2, 0.25) is 11.9 Å². The Labute approximate surface area is 162 Å². The number of anilines is 3. The molecule has 0 aliphatic heterocycles. The van der Waals surface area contributed by atoms with Crippen molar-refractivity contribution in [3.8, 4) is 0 Å². The summed E-state index contributed by atoms with van der Waals surface area (Å²) in [6.45, 7) is 4.62. The van der Waals surface area contributed by atoms with Crippen molar-refractivity contribution in [1.82, 2.24) is 29.3 Å². The van der Waals surface area contributed by atoms with E-state index in [2.05, 4.69) is 30.7 Å². The second-order valence-electron chi connectivity index (χ2n) is 7.14. The molecule has 4 rings (SSSR count). The lowest BCUT2D eigenvalue weighted by Crippen LogP contribution is -2.21. The van der Waals surface area contributed by atoms with Gasteiger partial charge in [-0.05, 0) is 26.7 Å². The number of nitrogen functional groups attached to an aromatic ring is 1. The van der Waals surface area contributed by atoms with E-state index in [1.807, 2.05) is 19.9 Å². The highest BCUT2D eigenvalue weighted by Gasteiger charge is 2.20. The molecule has 3 aromatic heterocycles. The normalized spacial score (nSPS) is 14.6. The molecule has 0 unspecified atom stereocenters. The van der Waals surface area contributed by atoms with Crippen molar-refractivity contribution in [2.24, 2.45) is 0 Å². The number of nitrogens with zero attached hydrogens (tertiary/aromatic N) is 6. The zero-order valence-corrected chi connectivity index (χ0v) is 16.1. The standard InChI is InChI=1S/C18H25N9O/c1-3-27-13(8-11(2)25-27)22-14(28)9-26-10-20-15-16(21-12-6-4-5-7-12)23-18(19)24-17(15)26/h8,10,12H,3-7,9H2,1-2H3,(H,22,28)(H3,19,21,23,24). The molecule has 0 bridgehead atoms. The number of rotatable bonds is 6.